The predicted molar refractivity (Wildman–Crippen MR) is 64.8 cm³/mol. The monoisotopic (exact) mass is 284 g/mol. The first-order valence-electron chi connectivity index (χ1n) is 4.99. The Morgan fingerprint density at radius 2 is 2.33 bits per heavy atom. The minimum atomic E-state index is 0.670. The van der Waals surface area contributed by atoms with Gasteiger partial charge < -0.3 is 5.32 Å². The van der Waals surface area contributed by atoms with Gasteiger partial charge in [-0.05, 0) is 39.1 Å². The first-order chi connectivity index (χ1) is 7.25. The summed E-state index contributed by atoms with van der Waals surface area (Å²) < 4.78 is 0.717. The maximum Gasteiger partial charge on any atom is 0.124 e. The van der Waals surface area contributed by atoms with E-state index in [-0.39, 0.29) is 0 Å². The molecule has 4 heteroatoms. The largest absolute Gasteiger partial charge is 0.315 e. The van der Waals surface area contributed by atoms with Crippen LogP contribution < -0.4 is 5.32 Å². The minimum absolute atomic E-state index is 0.670. The molecule has 2 heterocycles. The Morgan fingerprint density at radius 3 is 3.07 bits per heavy atom. The molecule has 15 heavy (non-hydrogen) atoms. The molecule has 2 atom stereocenters. The molecule has 2 aliphatic rings. The van der Waals surface area contributed by atoms with Gasteiger partial charge in [-0.1, -0.05) is 17.7 Å². The van der Waals surface area contributed by atoms with Crippen molar-refractivity contribution in [2.75, 3.05) is 13.1 Å². The lowest BCUT2D eigenvalue weighted by molar-refractivity contribution is 0.564. The summed E-state index contributed by atoms with van der Waals surface area (Å²) in [5.74, 6) is 1.39. The molecule has 0 amide bonds. The van der Waals surface area contributed by atoms with Crippen molar-refractivity contribution < 1.29 is 0 Å². The third kappa shape index (κ3) is 1.53. The van der Waals surface area contributed by atoms with Crippen LogP contribution in [0.5, 0.6) is 0 Å². The zero-order valence-electron chi connectivity index (χ0n) is 8.00. The normalized spacial score (nSPS) is 28.3. The summed E-state index contributed by atoms with van der Waals surface area (Å²) in [6.45, 7) is 2.20. The quantitative estimate of drug-likeness (QED) is 0.803. The van der Waals surface area contributed by atoms with Gasteiger partial charge in [-0.15, -0.1) is 0 Å². The van der Waals surface area contributed by atoms with Crippen molar-refractivity contribution in [3.8, 4) is 0 Å². The molecule has 1 aliphatic carbocycles. The van der Waals surface area contributed by atoms with Crippen LogP contribution in [-0.4, -0.2) is 18.1 Å². The highest BCUT2D eigenvalue weighted by Crippen LogP contribution is 2.42. The Kier molecular flexibility index (Phi) is 2.34. The first-order valence-corrected chi connectivity index (χ1v) is 6.16. The maximum absolute atomic E-state index is 6.03. The maximum atomic E-state index is 6.03. The molecule has 78 valence electrons. The molecule has 1 fully saturated rings. The van der Waals surface area contributed by atoms with Gasteiger partial charge >= 0.3 is 0 Å². The fourth-order valence-electron chi connectivity index (χ4n) is 2.34. The second-order valence-electron chi connectivity index (χ2n) is 4.05. The molecular formula is C11H10BrClN2. The van der Waals surface area contributed by atoms with Gasteiger partial charge in [-0.25, -0.2) is 4.98 Å². The average Bonchev–Trinajstić information content (AvgIpc) is 2.54. The van der Waals surface area contributed by atoms with Crippen LogP contribution in [0.2, 0.25) is 5.02 Å². The number of rotatable bonds is 1. The Morgan fingerprint density at radius 1 is 1.47 bits per heavy atom. The Balaban J connectivity index is 1.94. The van der Waals surface area contributed by atoms with E-state index in [0.717, 1.165) is 24.6 Å². The fraction of sp³-hybridized carbons (Fsp3) is 0.364. The zero-order valence-corrected chi connectivity index (χ0v) is 10.3. The number of halogens is 2. The van der Waals surface area contributed by atoms with Crippen molar-refractivity contribution in [1.82, 2.24) is 10.3 Å². The summed E-state index contributed by atoms with van der Waals surface area (Å²) >= 11 is 9.33. The van der Waals surface area contributed by atoms with Crippen LogP contribution in [0.1, 0.15) is 5.56 Å². The second-order valence-corrected chi connectivity index (χ2v) is 5.21. The molecule has 1 N–H and O–H groups in total. The molecule has 0 aromatic carbocycles. The lowest BCUT2D eigenvalue weighted by Crippen LogP contribution is -2.22. The highest BCUT2D eigenvalue weighted by atomic mass is 79.9. The van der Waals surface area contributed by atoms with Crippen LogP contribution in [0.25, 0.3) is 5.57 Å². The van der Waals surface area contributed by atoms with Crippen molar-refractivity contribution in [3.05, 3.63) is 33.5 Å². The van der Waals surface area contributed by atoms with Crippen molar-refractivity contribution in [2.24, 2.45) is 11.8 Å². The number of nitrogens with zero attached hydrogens (tertiary/aromatic N) is 1. The zero-order chi connectivity index (χ0) is 10.4. The second kappa shape index (κ2) is 3.58. The van der Waals surface area contributed by atoms with Crippen molar-refractivity contribution in [1.29, 1.82) is 0 Å². The van der Waals surface area contributed by atoms with Gasteiger partial charge in [0, 0.05) is 25.2 Å². The standard InChI is InChI=1S/C11H10BrClN2/c12-11-10(13)2-7(4-15-11)8-1-6-3-14-5-9(6)8/h1-2,4,6,9,14H,3,5H2. The highest BCUT2D eigenvalue weighted by molar-refractivity contribution is 9.10. The molecule has 0 radical (unpaired) electrons. The highest BCUT2D eigenvalue weighted by Gasteiger charge is 2.36. The van der Waals surface area contributed by atoms with E-state index in [1.807, 2.05) is 12.3 Å². The molecule has 1 aromatic rings. The van der Waals surface area contributed by atoms with E-state index in [1.54, 1.807) is 0 Å². The SMILES string of the molecule is Clc1cc(C2=CC3CNCC23)cnc1Br. The predicted octanol–water partition coefficient (Wildman–Crippen LogP) is 2.73. The topological polar surface area (TPSA) is 24.9 Å². The van der Waals surface area contributed by atoms with Gasteiger partial charge in [0.25, 0.3) is 0 Å². The number of aromatic nitrogens is 1. The smallest absolute Gasteiger partial charge is 0.124 e. The summed E-state index contributed by atoms with van der Waals surface area (Å²) in [6.07, 6.45) is 4.21. The summed E-state index contributed by atoms with van der Waals surface area (Å²) in [4.78, 5) is 4.22. The Labute approximate surface area is 102 Å². The summed E-state index contributed by atoms with van der Waals surface area (Å²) in [6, 6.07) is 1.99. The lowest BCUT2D eigenvalue weighted by atomic mass is 9.74. The number of nitrogens with one attached hydrogen (secondary N) is 1. The number of fused-ring (bicyclic) bond motifs is 1. The van der Waals surface area contributed by atoms with E-state index in [0.29, 0.717) is 15.5 Å². The van der Waals surface area contributed by atoms with E-state index in [9.17, 15) is 0 Å². The van der Waals surface area contributed by atoms with Crippen LogP contribution in [-0.2, 0) is 0 Å². The molecule has 1 saturated heterocycles. The number of hydrogen-bond acceptors (Lipinski definition) is 2. The summed E-state index contributed by atoms with van der Waals surface area (Å²) in [7, 11) is 0. The lowest BCUT2D eigenvalue weighted by Gasteiger charge is -2.29. The third-order valence-electron chi connectivity index (χ3n) is 3.18. The van der Waals surface area contributed by atoms with Gasteiger partial charge in [0.15, 0.2) is 0 Å². The van der Waals surface area contributed by atoms with E-state index >= 15 is 0 Å². The molecule has 2 unspecified atom stereocenters. The molecule has 1 aliphatic heterocycles. The van der Waals surface area contributed by atoms with Gasteiger partial charge in [0.1, 0.15) is 4.60 Å². The molecule has 0 saturated carbocycles. The van der Waals surface area contributed by atoms with Crippen LogP contribution in [0.3, 0.4) is 0 Å². The van der Waals surface area contributed by atoms with Crippen molar-refractivity contribution in [2.45, 2.75) is 0 Å². The van der Waals surface area contributed by atoms with Crippen LogP contribution in [0.4, 0.5) is 0 Å². The van der Waals surface area contributed by atoms with Crippen LogP contribution in [0.15, 0.2) is 22.9 Å². The molecule has 0 bridgehead atoms. The Bertz CT molecular complexity index is 444. The number of pyridine rings is 1. The van der Waals surface area contributed by atoms with Crippen molar-refractivity contribution >= 4 is 33.1 Å². The molecule has 3 rings (SSSR count). The number of hydrogen-bond donors (Lipinski definition) is 1. The van der Waals surface area contributed by atoms with Gasteiger partial charge in [0.2, 0.25) is 0 Å². The van der Waals surface area contributed by atoms with E-state index < -0.39 is 0 Å². The van der Waals surface area contributed by atoms with Gasteiger partial charge in [0.05, 0.1) is 5.02 Å². The van der Waals surface area contributed by atoms with Crippen LogP contribution in [0, 0.1) is 11.8 Å². The fourth-order valence-corrected chi connectivity index (χ4v) is 2.72. The average molecular weight is 286 g/mol. The Hall–Kier alpha value is -0.380. The van der Waals surface area contributed by atoms with Gasteiger partial charge in [-0.2, -0.15) is 0 Å². The third-order valence-corrected chi connectivity index (χ3v) is 4.33. The minimum Gasteiger partial charge on any atom is -0.315 e. The van der Waals surface area contributed by atoms with E-state index in [1.165, 1.54) is 5.57 Å². The first kappa shape index (κ1) is 9.82. The summed E-state index contributed by atoms with van der Waals surface area (Å²) in [5.41, 5.74) is 2.56. The molecule has 2 nitrogen and oxygen atoms in total. The summed E-state index contributed by atoms with van der Waals surface area (Å²) in [5, 5.41) is 4.08. The van der Waals surface area contributed by atoms with E-state index in [4.69, 9.17) is 11.6 Å². The molecule has 1 aromatic heterocycles. The molecular weight excluding hydrogens is 275 g/mol. The van der Waals surface area contributed by atoms with Crippen molar-refractivity contribution in [3.63, 3.8) is 0 Å². The van der Waals surface area contributed by atoms with Crippen LogP contribution >= 0.6 is 27.5 Å². The molecule has 0 spiro atoms. The van der Waals surface area contributed by atoms with E-state index in [2.05, 4.69) is 32.3 Å². The van der Waals surface area contributed by atoms with Gasteiger partial charge in [-0.3, -0.25) is 0 Å².